The van der Waals surface area contributed by atoms with Crippen LogP contribution in [0.25, 0.3) is 0 Å². The van der Waals surface area contributed by atoms with Gasteiger partial charge in [-0.3, -0.25) is 0 Å². The summed E-state index contributed by atoms with van der Waals surface area (Å²) in [5.74, 6) is 2.69. The molecule has 25 heavy (non-hydrogen) atoms. The zero-order valence-electron chi connectivity index (χ0n) is 13.2. The van der Waals surface area contributed by atoms with Crippen LogP contribution in [0.2, 0.25) is 0 Å². The zero-order chi connectivity index (χ0) is 18.6. The van der Waals surface area contributed by atoms with Crippen molar-refractivity contribution in [1.29, 1.82) is 0 Å². The van der Waals surface area contributed by atoms with E-state index in [0.29, 0.717) is 49.2 Å². The van der Waals surface area contributed by atoms with Crippen molar-refractivity contribution in [2.24, 2.45) is 20.0 Å². The van der Waals surface area contributed by atoms with E-state index in [2.05, 4.69) is 20.0 Å². The normalized spacial score (nSPS) is 11.8. The molecule has 0 rings (SSSR count). The molecule has 0 saturated heterocycles. The maximum absolute atomic E-state index is 10.2. The van der Waals surface area contributed by atoms with Crippen LogP contribution in [0.15, 0.2) is 20.0 Å². The molecule has 0 aromatic rings. The van der Waals surface area contributed by atoms with Crippen molar-refractivity contribution in [3.8, 4) is 0 Å². The molecular formula is C12H16GeN4O4S4. The number of hydrogen-bond donors (Lipinski definition) is 0. The van der Waals surface area contributed by atoms with Gasteiger partial charge >= 0.3 is 162 Å². The first-order valence-corrected chi connectivity index (χ1v) is 21.2. The third-order valence-electron chi connectivity index (χ3n) is 2.19. The van der Waals surface area contributed by atoms with Crippen molar-refractivity contribution < 1.29 is 19.2 Å². The predicted molar refractivity (Wildman–Crippen MR) is 108 cm³/mol. The number of rotatable bonds is 16. The second kappa shape index (κ2) is 18.3. The fourth-order valence-corrected chi connectivity index (χ4v) is 38.7. The van der Waals surface area contributed by atoms with E-state index in [4.69, 9.17) is 0 Å². The Morgan fingerprint density at radius 3 is 0.960 bits per heavy atom. The van der Waals surface area contributed by atoms with Gasteiger partial charge in [0, 0.05) is 0 Å². The van der Waals surface area contributed by atoms with Crippen LogP contribution in [0.5, 0.6) is 0 Å². The molecule has 136 valence electrons. The molecule has 0 N–H and O–H groups in total. The van der Waals surface area contributed by atoms with E-state index in [-0.39, 0.29) is 0 Å². The summed E-state index contributed by atoms with van der Waals surface area (Å²) < 4.78 is 0. The minimum absolute atomic E-state index is 0.383. The van der Waals surface area contributed by atoms with Gasteiger partial charge in [0.2, 0.25) is 0 Å². The number of nitrogens with zero attached hydrogens (tertiary/aromatic N) is 4. The fourth-order valence-electron chi connectivity index (χ4n) is 1.30. The van der Waals surface area contributed by atoms with E-state index >= 15 is 0 Å². The van der Waals surface area contributed by atoms with Crippen LogP contribution in [0, 0.1) is 0 Å². The molecule has 0 aliphatic heterocycles. The van der Waals surface area contributed by atoms with Crippen molar-refractivity contribution in [1.82, 2.24) is 0 Å². The van der Waals surface area contributed by atoms with Gasteiger partial charge in [0.05, 0.1) is 0 Å². The van der Waals surface area contributed by atoms with E-state index < -0.39 is 8.70 Å². The Labute approximate surface area is 161 Å². The van der Waals surface area contributed by atoms with Gasteiger partial charge < -0.3 is 0 Å². The Kier molecular flexibility index (Phi) is 17.9. The molecule has 0 atom stereocenters. The molecule has 0 unspecified atom stereocenters. The average molecular weight is 481 g/mol. The van der Waals surface area contributed by atoms with E-state index in [1.54, 1.807) is 40.3 Å². The monoisotopic (exact) mass is 482 g/mol. The van der Waals surface area contributed by atoms with Crippen LogP contribution in [0.3, 0.4) is 0 Å². The summed E-state index contributed by atoms with van der Waals surface area (Å²) in [5.41, 5.74) is 0. The maximum atomic E-state index is 10.2. The Hall–Kier alpha value is -0.537. The average Bonchev–Trinajstić information content (AvgIpc) is 2.63. The summed E-state index contributed by atoms with van der Waals surface area (Å²) in [5, 5.41) is 0. The van der Waals surface area contributed by atoms with Crippen LogP contribution >= 0.6 is 40.3 Å². The zero-order valence-corrected chi connectivity index (χ0v) is 18.6. The van der Waals surface area contributed by atoms with Crippen LogP contribution < -0.4 is 0 Å². The summed E-state index contributed by atoms with van der Waals surface area (Å²) in [6, 6.07) is 0. The SMILES string of the molecule is O=C=NCC[S][Ge]([S]CCN=C=O)([S]CCN=C=O)[S]CCN=C=O. The summed E-state index contributed by atoms with van der Waals surface area (Å²) >= 11 is 0. The van der Waals surface area contributed by atoms with Gasteiger partial charge in [-0.15, -0.1) is 0 Å². The molecule has 0 fully saturated rings. The molecule has 0 amide bonds. The van der Waals surface area contributed by atoms with Gasteiger partial charge in [0.25, 0.3) is 0 Å². The number of hydrogen-bond acceptors (Lipinski definition) is 12. The second-order valence-electron chi connectivity index (χ2n) is 3.79. The Morgan fingerprint density at radius 2 is 0.760 bits per heavy atom. The van der Waals surface area contributed by atoms with Crippen LogP contribution in [-0.2, 0) is 19.2 Å². The molecule has 0 spiro atoms. The Morgan fingerprint density at radius 1 is 0.520 bits per heavy atom. The summed E-state index contributed by atoms with van der Waals surface area (Å²) in [6.45, 7) is 1.53. The van der Waals surface area contributed by atoms with Gasteiger partial charge in [-0.1, -0.05) is 0 Å². The van der Waals surface area contributed by atoms with Crippen molar-refractivity contribution in [3.05, 3.63) is 0 Å². The Balaban J connectivity index is 4.94. The van der Waals surface area contributed by atoms with Crippen LogP contribution in [0.4, 0.5) is 0 Å². The van der Waals surface area contributed by atoms with Gasteiger partial charge in [-0.2, -0.15) is 0 Å². The Bertz CT molecular complexity index is 470. The van der Waals surface area contributed by atoms with E-state index in [0.717, 1.165) is 0 Å². The predicted octanol–water partition coefficient (Wildman–Crippen LogP) is 1.70. The fraction of sp³-hybridized carbons (Fsp3) is 0.667. The van der Waals surface area contributed by atoms with Crippen LogP contribution in [0.1, 0.15) is 0 Å². The van der Waals surface area contributed by atoms with Crippen LogP contribution in [-0.4, -0.2) is 82.2 Å². The van der Waals surface area contributed by atoms with Crippen molar-refractivity contribution in [2.75, 3.05) is 49.2 Å². The summed E-state index contributed by atoms with van der Waals surface area (Å²) in [7, 11) is 4.38. The van der Waals surface area contributed by atoms with Crippen molar-refractivity contribution >= 4 is 73.4 Å². The van der Waals surface area contributed by atoms with Gasteiger partial charge in [0.1, 0.15) is 0 Å². The molecule has 0 aromatic heterocycles. The van der Waals surface area contributed by atoms with Crippen molar-refractivity contribution in [2.45, 2.75) is 0 Å². The van der Waals surface area contributed by atoms with Gasteiger partial charge in [-0.25, -0.2) is 0 Å². The number of isocyanates is 4. The molecule has 0 saturated carbocycles. The molecule has 0 radical (unpaired) electrons. The molecule has 0 aromatic carbocycles. The molecule has 0 aliphatic rings. The molecule has 0 aliphatic carbocycles. The van der Waals surface area contributed by atoms with Gasteiger partial charge in [0.15, 0.2) is 0 Å². The minimum atomic E-state index is -2.68. The molecular weight excluding hydrogens is 465 g/mol. The standard InChI is InChI=1S/C12H16GeN4O4S4/c18-9-14-1-5-22-13(23-6-2-15-10-19,24-7-3-16-11-20)25-8-4-17-12-21/h1-8H2. The quantitative estimate of drug-likeness (QED) is 0.142. The molecule has 0 heterocycles. The first kappa shape index (κ1) is 24.5. The van der Waals surface area contributed by atoms with Crippen molar-refractivity contribution in [3.63, 3.8) is 0 Å². The summed E-state index contributed by atoms with van der Waals surface area (Å²) in [6.07, 6.45) is 6.09. The van der Waals surface area contributed by atoms with E-state index in [1.165, 1.54) is 24.3 Å². The third-order valence-corrected chi connectivity index (χ3v) is 41.2. The number of aliphatic imine (C=N–C) groups is 4. The molecule has 0 bridgehead atoms. The topological polar surface area (TPSA) is 118 Å². The molecule has 8 nitrogen and oxygen atoms in total. The first-order valence-electron chi connectivity index (χ1n) is 6.95. The number of carbonyl (C=O) groups excluding carboxylic acids is 4. The molecule has 13 heteroatoms. The van der Waals surface area contributed by atoms with E-state index in [9.17, 15) is 19.2 Å². The third kappa shape index (κ3) is 14.3. The summed E-state index contributed by atoms with van der Waals surface area (Å²) in [4.78, 5) is 55.1. The first-order chi connectivity index (χ1) is 12.2. The van der Waals surface area contributed by atoms with E-state index in [1.807, 2.05) is 0 Å². The van der Waals surface area contributed by atoms with Gasteiger partial charge in [-0.05, 0) is 0 Å². The second-order valence-corrected chi connectivity index (χ2v) is 36.7.